The first-order valence-corrected chi connectivity index (χ1v) is 5.77. The Kier molecular flexibility index (Phi) is 2.24. The molecule has 0 fully saturated rings. The zero-order chi connectivity index (χ0) is 12.9. The predicted octanol–water partition coefficient (Wildman–Crippen LogP) is -0.581. The number of fused-ring (bicyclic) bond motifs is 2. The Balaban J connectivity index is 2.26. The summed E-state index contributed by atoms with van der Waals surface area (Å²) in [7, 11) is 0. The van der Waals surface area contributed by atoms with Gasteiger partial charge in [-0.1, -0.05) is 6.92 Å². The third-order valence-electron chi connectivity index (χ3n) is 3.36. The summed E-state index contributed by atoms with van der Waals surface area (Å²) in [5, 5.41) is 26.9. The van der Waals surface area contributed by atoms with Gasteiger partial charge in [-0.25, -0.2) is 4.73 Å². The fourth-order valence-electron chi connectivity index (χ4n) is 2.35. The summed E-state index contributed by atoms with van der Waals surface area (Å²) in [6, 6.07) is 3.47. The first kappa shape index (κ1) is 11.0. The molecule has 3 rings (SSSR count). The van der Waals surface area contributed by atoms with E-state index in [0.717, 1.165) is 30.8 Å². The van der Waals surface area contributed by atoms with E-state index in [-0.39, 0.29) is 17.0 Å². The van der Waals surface area contributed by atoms with E-state index in [1.54, 1.807) is 12.1 Å². The molecule has 0 aliphatic carbocycles. The molecule has 0 saturated carbocycles. The number of rotatable bonds is 1. The summed E-state index contributed by atoms with van der Waals surface area (Å²) in [5.41, 5.74) is 8.06. The third-order valence-corrected chi connectivity index (χ3v) is 3.36. The highest BCUT2D eigenvalue weighted by atomic mass is 16.5. The lowest BCUT2D eigenvalue weighted by atomic mass is 10.1. The average Bonchev–Trinajstić information content (AvgIpc) is 2.76. The van der Waals surface area contributed by atoms with Crippen LogP contribution >= 0.6 is 0 Å². The summed E-state index contributed by atoms with van der Waals surface area (Å²) in [6.45, 7) is 4.60. The number of nitrogen functional groups attached to an aromatic ring is 1. The smallest absolute Gasteiger partial charge is 0.458 e. The molecule has 0 saturated heterocycles. The Labute approximate surface area is 103 Å². The molecule has 1 aliphatic rings. The van der Waals surface area contributed by atoms with Crippen molar-refractivity contribution in [3.8, 4) is 0 Å². The molecule has 0 bridgehead atoms. The Hall–Kier alpha value is -2.15. The molecule has 2 heterocycles. The lowest BCUT2D eigenvalue weighted by Crippen LogP contribution is -2.44. The first-order chi connectivity index (χ1) is 8.60. The highest BCUT2D eigenvalue weighted by Gasteiger charge is 2.24. The number of benzene rings is 1. The zero-order valence-electron chi connectivity index (χ0n) is 9.96. The normalized spacial score (nSPS) is 15.2. The minimum Gasteiger partial charge on any atom is -0.739 e. The SMILES string of the molecule is CCN1Cc2cc3c(cc2C1)[n+]([O-])c(N)n[n+]3[O-]. The minimum atomic E-state index is -0.331. The Morgan fingerprint density at radius 1 is 1.28 bits per heavy atom. The molecule has 0 atom stereocenters. The van der Waals surface area contributed by atoms with Gasteiger partial charge in [-0.15, -0.1) is 0 Å². The number of hydrogen-bond donors (Lipinski definition) is 1. The zero-order valence-corrected chi connectivity index (χ0v) is 9.96. The molecule has 1 aromatic carbocycles. The fourth-order valence-corrected chi connectivity index (χ4v) is 2.35. The van der Waals surface area contributed by atoms with Crippen LogP contribution in [0.3, 0.4) is 0 Å². The van der Waals surface area contributed by atoms with Crippen molar-refractivity contribution in [3.63, 3.8) is 0 Å². The van der Waals surface area contributed by atoms with Gasteiger partial charge < -0.3 is 10.4 Å². The molecule has 0 amide bonds. The molecule has 1 aromatic heterocycles. The van der Waals surface area contributed by atoms with Crippen LogP contribution < -0.4 is 15.3 Å². The van der Waals surface area contributed by atoms with Crippen molar-refractivity contribution in [1.82, 2.24) is 10.00 Å². The van der Waals surface area contributed by atoms with E-state index >= 15 is 0 Å². The van der Waals surface area contributed by atoms with E-state index in [4.69, 9.17) is 5.73 Å². The maximum Gasteiger partial charge on any atom is 0.458 e. The van der Waals surface area contributed by atoms with Crippen LogP contribution in [0.1, 0.15) is 18.1 Å². The van der Waals surface area contributed by atoms with Crippen LogP contribution in [0.15, 0.2) is 12.1 Å². The predicted molar refractivity (Wildman–Crippen MR) is 63.9 cm³/mol. The van der Waals surface area contributed by atoms with Crippen LogP contribution in [-0.4, -0.2) is 16.5 Å². The molecule has 7 heteroatoms. The molecule has 18 heavy (non-hydrogen) atoms. The van der Waals surface area contributed by atoms with Gasteiger partial charge in [0.1, 0.15) is 0 Å². The molecule has 0 unspecified atom stereocenters. The second-order valence-corrected chi connectivity index (χ2v) is 4.44. The van der Waals surface area contributed by atoms with Crippen molar-refractivity contribution in [1.29, 1.82) is 0 Å². The van der Waals surface area contributed by atoms with E-state index in [9.17, 15) is 10.4 Å². The standard InChI is InChI=1S/C11H13N5O2/c1-2-14-5-7-3-9-10(4-8(7)6-14)16(18)13-11(12)15(9)17/h3-4H,2,5-6H2,1H3,(H2,12,13). The summed E-state index contributed by atoms with van der Waals surface area (Å²) >= 11 is 0. The number of aromatic nitrogens is 3. The van der Waals surface area contributed by atoms with Crippen molar-refractivity contribution < 1.29 is 9.58 Å². The van der Waals surface area contributed by atoms with E-state index in [0.29, 0.717) is 9.58 Å². The van der Waals surface area contributed by atoms with Gasteiger partial charge in [0.15, 0.2) is 5.52 Å². The minimum absolute atomic E-state index is 0.260. The number of anilines is 1. The van der Waals surface area contributed by atoms with Crippen LogP contribution in [-0.2, 0) is 13.1 Å². The number of nitrogens with two attached hydrogens (primary N) is 1. The largest absolute Gasteiger partial charge is 0.739 e. The second-order valence-electron chi connectivity index (χ2n) is 4.44. The van der Waals surface area contributed by atoms with E-state index in [2.05, 4.69) is 16.9 Å². The molecule has 0 radical (unpaired) electrons. The lowest BCUT2D eigenvalue weighted by molar-refractivity contribution is -0.672. The van der Waals surface area contributed by atoms with Gasteiger partial charge in [0, 0.05) is 24.0 Å². The van der Waals surface area contributed by atoms with Gasteiger partial charge >= 0.3 is 5.95 Å². The molecule has 7 nitrogen and oxygen atoms in total. The van der Waals surface area contributed by atoms with Crippen molar-refractivity contribution in [3.05, 3.63) is 33.7 Å². The molecular weight excluding hydrogens is 234 g/mol. The molecule has 2 aromatic rings. The van der Waals surface area contributed by atoms with Gasteiger partial charge in [0.2, 0.25) is 5.10 Å². The van der Waals surface area contributed by atoms with Crippen LogP contribution in [0.5, 0.6) is 0 Å². The summed E-state index contributed by atoms with van der Waals surface area (Å²) in [6.07, 6.45) is 0. The highest BCUT2D eigenvalue weighted by molar-refractivity contribution is 5.71. The van der Waals surface area contributed by atoms with Crippen LogP contribution in [0.4, 0.5) is 5.95 Å². The number of nitrogens with zero attached hydrogens (tertiary/aromatic N) is 4. The van der Waals surface area contributed by atoms with E-state index in [1.165, 1.54) is 0 Å². The number of hydrogen-bond acceptors (Lipinski definition) is 5. The van der Waals surface area contributed by atoms with Crippen LogP contribution in [0.25, 0.3) is 11.0 Å². The van der Waals surface area contributed by atoms with Crippen LogP contribution in [0, 0.1) is 10.4 Å². The first-order valence-electron chi connectivity index (χ1n) is 5.77. The molecule has 2 N–H and O–H groups in total. The molecule has 94 valence electrons. The molecule has 1 aliphatic heterocycles. The van der Waals surface area contributed by atoms with E-state index < -0.39 is 0 Å². The third kappa shape index (κ3) is 1.44. The monoisotopic (exact) mass is 247 g/mol. The maximum absolute atomic E-state index is 11.8. The highest BCUT2D eigenvalue weighted by Crippen LogP contribution is 2.25. The van der Waals surface area contributed by atoms with Crippen molar-refractivity contribution in [2.24, 2.45) is 0 Å². The van der Waals surface area contributed by atoms with E-state index in [1.807, 2.05) is 0 Å². The lowest BCUT2D eigenvalue weighted by Gasteiger charge is -2.09. The van der Waals surface area contributed by atoms with Crippen molar-refractivity contribution >= 4 is 17.0 Å². The Morgan fingerprint density at radius 3 is 2.50 bits per heavy atom. The van der Waals surface area contributed by atoms with Crippen molar-refractivity contribution in [2.45, 2.75) is 20.0 Å². The maximum atomic E-state index is 11.8. The Morgan fingerprint density at radius 2 is 1.89 bits per heavy atom. The quantitative estimate of drug-likeness (QED) is 0.537. The summed E-state index contributed by atoms with van der Waals surface area (Å²) in [4.78, 5) is 2.64. The topological polar surface area (TPSA) is 96.0 Å². The molecular formula is C11H13N5O2. The van der Waals surface area contributed by atoms with Gasteiger partial charge in [-0.2, -0.15) is 0 Å². The fraction of sp³-hybridized carbons (Fsp3) is 0.364. The van der Waals surface area contributed by atoms with Gasteiger partial charge in [0.25, 0.3) is 5.52 Å². The summed E-state index contributed by atoms with van der Waals surface area (Å²) in [5.74, 6) is -0.331. The average molecular weight is 247 g/mol. The summed E-state index contributed by atoms with van der Waals surface area (Å²) < 4.78 is 0.499. The van der Waals surface area contributed by atoms with Gasteiger partial charge in [0.05, 0.1) is 0 Å². The van der Waals surface area contributed by atoms with Gasteiger partial charge in [-0.05, 0) is 23.7 Å². The van der Waals surface area contributed by atoms with Gasteiger partial charge in [-0.3, -0.25) is 10.6 Å². The van der Waals surface area contributed by atoms with Crippen LogP contribution in [0.2, 0.25) is 0 Å². The molecule has 0 spiro atoms. The Bertz CT molecular complexity index is 643. The van der Waals surface area contributed by atoms with Crippen molar-refractivity contribution in [2.75, 3.05) is 12.3 Å². The second kappa shape index (κ2) is 3.67.